The molecule has 116 valence electrons. The summed E-state index contributed by atoms with van der Waals surface area (Å²) in [7, 11) is 1.28. The lowest BCUT2D eigenvalue weighted by Gasteiger charge is -2.26. The topological polar surface area (TPSA) is 104 Å². The molecule has 1 aromatic rings. The van der Waals surface area contributed by atoms with Crippen LogP contribution in [0.15, 0.2) is 16.5 Å². The highest BCUT2D eigenvalue weighted by Gasteiger charge is 2.26. The third kappa shape index (κ3) is 4.05. The van der Waals surface area contributed by atoms with Crippen molar-refractivity contribution in [2.75, 3.05) is 20.3 Å². The van der Waals surface area contributed by atoms with Crippen molar-refractivity contribution in [3.63, 3.8) is 0 Å². The van der Waals surface area contributed by atoms with E-state index in [2.05, 4.69) is 10.1 Å². The Balaban J connectivity index is 1.82. The smallest absolute Gasteiger partial charge is 0.373 e. The van der Waals surface area contributed by atoms with Crippen LogP contribution in [0.25, 0.3) is 0 Å². The fraction of sp³-hybridized carbons (Fsp3) is 0.571. The number of esters is 1. The minimum Gasteiger partial charge on any atom is -0.463 e. The van der Waals surface area contributed by atoms with Crippen LogP contribution in [0.3, 0.4) is 0 Å². The molecule has 0 aliphatic carbocycles. The zero-order valence-corrected chi connectivity index (χ0v) is 12.0. The van der Waals surface area contributed by atoms with E-state index in [0.29, 0.717) is 19.0 Å². The second kappa shape index (κ2) is 7.24. The summed E-state index contributed by atoms with van der Waals surface area (Å²) in [6.45, 7) is 1.48. The van der Waals surface area contributed by atoms with Gasteiger partial charge in [0.05, 0.1) is 19.7 Å². The molecule has 1 fully saturated rings. The maximum absolute atomic E-state index is 12.0. The average molecular weight is 296 g/mol. The fourth-order valence-corrected chi connectivity index (χ4v) is 2.26. The quantitative estimate of drug-likeness (QED) is 0.764. The molecular weight excluding hydrogens is 276 g/mol. The summed E-state index contributed by atoms with van der Waals surface area (Å²) in [5, 5.41) is 2.72. The van der Waals surface area contributed by atoms with E-state index in [-0.39, 0.29) is 24.1 Å². The standard InChI is InChI=1S/C14H20N2O5/c1-19-14(18)11-3-2-10(21-11)8-16-13(17)12(15)9-4-6-20-7-5-9/h2-3,9,12H,4-8,15H2,1H3,(H,16,17). The molecule has 1 aromatic heterocycles. The molecule has 7 heteroatoms. The lowest BCUT2D eigenvalue weighted by Crippen LogP contribution is -2.46. The molecule has 1 atom stereocenters. The minimum absolute atomic E-state index is 0.107. The number of carbonyl (C=O) groups is 2. The van der Waals surface area contributed by atoms with E-state index in [4.69, 9.17) is 14.9 Å². The lowest BCUT2D eigenvalue weighted by molar-refractivity contribution is -0.124. The average Bonchev–Trinajstić information content (AvgIpc) is 3.01. The molecule has 0 aromatic carbocycles. The molecule has 3 N–H and O–H groups in total. The summed E-state index contributed by atoms with van der Waals surface area (Å²) < 4.78 is 15.1. The van der Waals surface area contributed by atoms with Crippen molar-refractivity contribution in [2.24, 2.45) is 11.7 Å². The Labute approximate surface area is 122 Å². The van der Waals surface area contributed by atoms with Gasteiger partial charge in [0, 0.05) is 13.2 Å². The Hall–Kier alpha value is -1.86. The summed E-state index contributed by atoms with van der Waals surface area (Å²) >= 11 is 0. The highest BCUT2D eigenvalue weighted by molar-refractivity contribution is 5.86. The van der Waals surface area contributed by atoms with Crippen molar-refractivity contribution < 1.29 is 23.5 Å². The Morgan fingerprint density at radius 2 is 2.14 bits per heavy atom. The van der Waals surface area contributed by atoms with Gasteiger partial charge in [0.25, 0.3) is 0 Å². The molecule has 0 bridgehead atoms. The Bertz CT molecular complexity index is 493. The first kappa shape index (κ1) is 15.5. The number of methoxy groups -OCH3 is 1. The normalized spacial score (nSPS) is 17.2. The molecule has 1 unspecified atom stereocenters. The number of nitrogens with two attached hydrogens (primary N) is 1. The molecule has 2 heterocycles. The van der Waals surface area contributed by atoms with Crippen molar-refractivity contribution >= 4 is 11.9 Å². The van der Waals surface area contributed by atoms with E-state index in [0.717, 1.165) is 12.8 Å². The summed E-state index contributed by atoms with van der Waals surface area (Å²) in [6.07, 6.45) is 1.59. The zero-order valence-electron chi connectivity index (χ0n) is 12.0. The number of nitrogens with one attached hydrogen (secondary N) is 1. The van der Waals surface area contributed by atoms with Gasteiger partial charge in [-0.15, -0.1) is 0 Å². The Morgan fingerprint density at radius 1 is 1.43 bits per heavy atom. The Kier molecular flexibility index (Phi) is 5.35. The molecule has 1 aliphatic heterocycles. The lowest BCUT2D eigenvalue weighted by atomic mass is 9.92. The Morgan fingerprint density at radius 3 is 2.81 bits per heavy atom. The maximum Gasteiger partial charge on any atom is 0.373 e. The zero-order chi connectivity index (χ0) is 15.2. The molecule has 1 amide bonds. The van der Waals surface area contributed by atoms with Crippen molar-refractivity contribution in [1.29, 1.82) is 0 Å². The number of hydrogen-bond acceptors (Lipinski definition) is 6. The second-order valence-electron chi connectivity index (χ2n) is 4.95. The summed E-state index contributed by atoms with van der Waals surface area (Å²) in [4.78, 5) is 23.2. The molecule has 0 radical (unpaired) electrons. The van der Waals surface area contributed by atoms with Gasteiger partial charge in [-0.3, -0.25) is 4.79 Å². The number of hydrogen-bond donors (Lipinski definition) is 2. The first-order valence-electron chi connectivity index (χ1n) is 6.90. The van der Waals surface area contributed by atoms with Crippen molar-refractivity contribution in [1.82, 2.24) is 5.32 Å². The molecule has 7 nitrogen and oxygen atoms in total. The van der Waals surface area contributed by atoms with Gasteiger partial charge < -0.3 is 24.9 Å². The van der Waals surface area contributed by atoms with Gasteiger partial charge >= 0.3 is 5.97 Å². The second-order valence-corrected chi connectivity index (χ2v) is 4.95. The molecule has 2 rings (SSSR count). The predicted molar refractivity (Wildman–Crippen MR) is 73.4 cm³/mol. The van der Waals surface area contributed by atoms with Crippen LogP contribution in [0.2, 0.25) is 0 Å². The summed E-state index contributed by atoms with van der Waals surface area (Å²) in [5.74, 6) is -0.0520. The van der Waals surface area contributed by atoms with Gasteiger partial charge in [-0.2, -0.15) is 0 Å². The van der Waals surface area contributed by atoms with E-state index in [1.54, 1.807) is 6.07 Å². The third-order valence-electron chi connectivity index (χ3n) is 3.56. The minimum atomic E-state index is -0.552. The SMILES string of the molecule is COC(=O)c1ccc(CNC(=O)C(N)C2CCOCC2)o1. The van der Waals surface area contributed by atoms with Crippen molar-refractivity contribution in [2.45, 2.75) is 25.4 Å². The van der Waals surface area contributed by atoms with E-state index < -0.39 is 12.0 Å². The molecule has 1 aliphatic rings. The number of amides is 1. The van der Waals surface area contributed by atoms with Crippen LogP contribution in [-0.4, -0.2) is 38.2 Å². The van der Waals surface area contributed by atoms with E-state index in [9.17, 15) is 9.59 Å². The van der Waals surface area contributed by atoms with Crippen LogP contribution >= 0.6 is 0 Å². The van der Waals surface area contributed by atoms with Gasteiger partial charge in [0.15, 0.2) is 0 Å². The largest absolute Gasteiger partial charge is 0.463 e. The van der Waals surface area contributed by atoms with Crippen molar-refractivity contribution in [3.8, 4) is 0 Å². The molecule has 1 saturated heterocycles. The third-order valence-corrected chi connectivity index (χ3v) is 3.56. The first-order chi connectivity index (χ1) is 10.1. The van der Waals surface area contributed by atoms with E-state index in [1.165, 1.54) is 13.2 Å². The predicted octanol–water partition coefficient (Wildman–Crippen LogP) is 0.436. The van der Waals surface area contributed by atoms with Gasteiger partial charge in [0.2, 0.25) is 11.7 Å². The van der Waals surface area contributed by atoms with Gasteiger partial charge in [-0.1, -0.05) is 0 Å². The van der Waals surface area contributed by atoms with E-state index in [1.807, 2.05) is 0 Å². The number of ether oxygens (including phenoxy) is 2. The van der Waals surface area contributed by atoms with E-state index >= 15 is 0 Å². The monoisotopic (exact) mass is 296 g/mol. The van der Waals surface area contributed by atoms with Gasteiger partial charge in [0.1, 0.15) is 5.76 Å². The van der Waals surface area contributed by atoms with Crippen LogP contribution in [0.1, 0.15) is 29.2 Å². The van der Waals surface area contributed by atoms with Crippen LogP contribution in [0, 0.1) is 5.92 Å². The van der Waals surface area contributed by atoms with Crippen LogP contribution in [0.5, 0.6) is 0 Å². The van der Waals surface area contributed by atoms with Gasteiger partial charge in [-0.05, 0) is 30.9 Å². The van der Waals surface area contributed by atoms with Crippen LogP contribution in [-0.2, 0) is 20.8 Å². The number of furan rings is 1. The number of rotatable bonds is 5. The maximum atomic E-state index is 12.0. The molecule has 0 saturated carbocycles. The van der Waals surface area contributed by atoms with Crippen LogP contribution < -0.4 is 11.1 Å². The summed E-state index contributed by atoms with van der Waals surface area (Å²) in [5.41, 5.74) is 5.96. The fourth-order valence-electron chi connectivity index (χ4n) is 2.26. The van der Waals surface area contributed by atoms with Crippen LogP contribution in [0.4, 0.5) is 0 Å². The molecule has 0 spiro atoms. The molecular formula is C14H20N2O5. The number of carbonyl (C=O) groups excluding carboxylic acids is 2. The summed E-state index contributed by atoms with van der Waals surface area (Å²) in [6, 6.07) is 2.57. The van der Waals surface area contributed by atoms with Crippen molar-refractivity contribution in [3.05, 3.63) is 23.7 Å². The van der Waals surface area contributed by atoms with Gasteiger partial charge in [-0.25, -0.2) is 4.79 Å². The molecule has 21 heavy (non-hydrogen) atoms. The highest BCUT2D eigenvalue weighted by Crippen LogP contribution is 2.17. The first-order valence-corrected chi connectivity index (χ1v) is 6.90. The highest BCUT2D eigenvalue weighted by atomic mass is 16.5.